The van der Waals surface area contributed by atoms with Crippen molar-refractivity contribution in [2.75, 3.05) is 26.2 Å². The zero-order valence-corrected chi connectivity index (χ0v) is 12.6. The number of rotatable bonds is 1. The maximum absolute atomic E-state index is 4.33. The van der Waals surface area contributed by atoms with Gasteiger partial charge in [-0.05, 0) is 43.5 Å². The molecule has 19 heavy (non-hydrogen) atoms. The summed E-state index contributed by atoms with van der Waals surface area (Å²) in [5.41, 5.74) is 1.87. The summed E-state index contributed by atoms with van der Waals surface area (Å²) in [5.74, 6) is 1.57. The molecular formula is C14H21Cl2N3. The summed E-state index contributed by atoms with van der Waals surface area (Å²) in [6.45, 7) is 4.97. The number of aromatic nitrogens is 1. The molecule has 4 heterocycles. The van der Waals surface area contributed by atoms with Crippen molar-refractivity contribution in [2.45, 2.75) is 24.3 Å². The number of hydrogen-bond donors (Lipinski definition) is 1. The standard InChI is InChI=1S/C14H19N3.2ClH/c1-2-11(8-15-5-1)13-12-3-7-17(9-12)14(13)4-6-16-10-14;;/h1-2,5,8,12-13,16H,3-4,6-7,9-10H2;2*1H. The number of halogens is 2. The average molecular weight is 302 g/mol. The number of pyridine rings is 1. The van der Waals surface area contributed by atoms with Gasteiger partial charge >= 0.3 is 0 Å². The van der Waals surface area contributed by atoms with E-state index in [9.17, 15) is 0 Å². The van der Waals surface area contributed by atoms with E-state index in [0.29, 0.717) is 11.5 Å². The van der Waals surface area contributed by atoms with E-state index in [1.54, 1.807) is 0 Å². The molecule has 3 aliphatic rings. The molecule has 0 aromatic carbocycles. The van der Waals surface area contributed by atoms with Crippen LogP contribution in [0.2, 0.25) is 0 Å². The van der Waals surface area contributed by atoms with Gasteiger partial charge in [0.25, 0.3) is 0 Å². The number of nitrogens with one attached hydrogen (secondary N) is 1. The Labute approximate surface area is 127 Å². The van der Waals surface area contributed by atoms with E-state index in [1.165, 1.54) is 44.6 Å². The van der Waals surface area contributed by atoms with E-state index in [-0.39, 0.29) is 24.8 Å². The van der Waals surface area contributed by atoms with Gasteiger partial charge in [0, 0.05) is 36.9 Å². The third kappa shape index (κ3) is 2.07. The molecule has 4 atom stereocenters. The van der Waals surface area contributed by atoms with Crippen LogP contribution in [0.4, 0.5) is 0 Å². The molecule has 3 nitrogen and oxygen atoms in total. The Morgan fingerprint density at radius 1 is 1.37 bits per heavy atom. The van der Waals surface area contributed by atoms with Crippen LogP contribution in [0.15, 0.2) is 24.5 Å². The zero-order chi connectivity index (χ0) is 11.3. The van der Waals surface area contributed by atoms with E-state index in [0.717, 1.165) is 5.92 Å². The molecule has 5 heteroatoms. The first-order chi connectivity index (χ1) is 8.40. The molecule has 4 rings (SSSR count). The Bertz CT molecular complexity index is 420. The van der Waals surface area contributed by atoms with E-state index in [1.807, 2.05) is 6.20 Å². The predicted molar refractivity (Wildman–Crippen MR) is 81.4 cm³/mol. The van der Waals surface area contributed by atoms with E-state index >= 15 is 0 Å². The molecular weight excluding hydrogens is 281 g/mol. The van der Waals surface area contributed by atoms with Crippen molar-refractivity contribution in [1.29, 1.82) is 0 Å². The minimum atomic E-state index is 0. The van der Waals surface area contributed by atoms with Crippen LogP contribution < -0.4 is 5.32 Å². The van der Waals surface area contributed by atoms with Gasteiger partial charge < -0.3 is 5.32 Å². The van der Waals surface area contributed by atoms with Crippen LogP contribution in [0.5, 0.6) is 0 Å². The zero-order valence-electron chi connectivity index (χ0n) is 10.9. The fraction of sp³-hybridized carbons (Fsp3) is 0.643. The topological polar surface area (TPSA) is 28.2 Å². The summed E-state index contributed by atoms with van der Waals surface area (Å²) < 4.78 is 0. The van der Waals surface area contributed by atoms with E-state index in [2.05, 4.69) is 33.5 Å². The van der Waals surface area contributed by atoms with Gasteiger partial charge in [-0.3, -0.25) is 9.88 Å². The highest BCUT2D eigenvalue weighted by Gasteiger charge is 2.57. The summed E-state index contributed by atoms with van der Waals surface area (Å²) >= 11 is 0. The molecule has 1 spiro atoms. The first-order valence-corrected chi connectivity index (χ1v) is 6.76. The first kappa shape index (κ1) is 15.0. The smallest absolute Gasteiger partial charge is 0.0418 e. The van der Waals surface area contributed by atoms with Crippen LogP contribution in [0.3, 0.4) is 0 Å². The number of fused-ring (bicyclic) bond motifs is 3. The third-order valence-corrected chi connectivity index (χ3v) is 5.11. The fourth-order valence-electron chi connectivity index (χ4n) is 4.48. The van der Waals surface area contributed by atoms with Gasteiger partial charge in [-0.15, -0.1) is 24.8 Å². The maximum Gasteiger partial charge on any atom is 0.0418 e. The molecule has 3 aliphatic heterocycles. The van der Waals surface area contributed by atoms with Crippen LogP contribution in [-0.4, -0.2) is 41.6 Å². The van der Waals surface area contributed by atoms with Crippen molar-refractivity contribution in [1.82, 2.24) is 15.2 Å². The van der Waals surface area contributed by atoms with Crippen LogP contribution in [-0.2, 0) is 0 Å². The average Bonchev–Trinajstić information content (AvgIpc) is 3.06. The number of hydrogen-bond acceptors (Lipinski definition) is 3. The largest absolute Gasteiger partial charge is 0.315 e. The van der Waals surface area contributed by atoms with Crippen molar-refractivity contribution in [3.05, 3.63) is 30.1 Å². The van der Waals surface area contributed by atoms with Gasteiger partial charge in [0.2, 0.25) is 0 Å². The molecule has 0 radical (unpaired) electrons. The lowest BCUT2D eigenvalue weighted by atomic mass is 9.72. The molecule has 0 aliphatic carbocycles. The molecule has 1 N–H and O–H groups in total. The highest BCUT2D eigenvalue weighted by atomic mass is 35.5. The lowest BCUT2D eigenvalue weighted by molar-refractivity contribution is 0.130. The molecule has 1 aromatic rings. The second-order valence-corrected chi connectivity index (χ2v) is 5.79. The first-order valence-electron chi connectivity index (χ1n) is 6.76. The van der Waals surface area contributed by atoms with Crippen molar-refractivity contribution in [3.8, 4) is 0 Å². The summed E-state index contributed by atoms with van der Waals surface area (Å²) in [5, 5.41) is 3.58. The monoisotopic (exact) mass is 301 g/mol. The van der Waals surface area contributed by atoms with Gasteiger partial charge in [0.05, 0.1) is 0 Å². The van der Waals surface area contributed by atoms with Gasteiger partial charge in [0.1, 0.15) is 0 Å². The normalized spacial score (nSPS) is 39.1. The Kier molecular flexibility index (Phi) is 4.41. The predicted octanol–water partition coefficient (Wildman–Crippen LogP) is 2.08. The van der Waals surface area contributed by atoms with Gasteiger partial charge in [0.15, 0.2) is 0 Å². The van der Waals surface area contributed by atoms with Gasteiger partial charge in [-0.25, -0.2) is 0 Å². The quantitative estimate of drug-likeness (QED) is 0.861. The maximum atomic E-state index is 4.33. The molecule has 3 fully saturated rings. The van der Waals surface area contributed by atoms with Crippen molar-refractivity contribution >= 4 is 24.8 Å². The molecule has 1 aromatic heterocycles. The van der Waals surface area contributed by atoms with E-state index < -0.39 is 0 Å². The Morgan fingerprint density at radius 3 is 2.95 bits per heavy atom. The lowest BCUT2D eigenvalue weighted by Crippen LogP contribution is -2.50. The molecule has 3 unspecified atom stereocenters. The minimum absolute atomic E-state index is 0. The Morgan fingerprint density at radius 2 is 2.26 bits per heavy atom. The van der Waals surface area contributed by atoms with Crippen LogP contribution in [0.25, 0.3) is 0 Å². The van der Waals surface area contributed by atoms with Crippen LogP contribution in [0.1, 0.15) is 24.3 Å². The summed E-state index contributed by atoms with van der Waals surface area (Å²) in [6, 6.07) is 4.37. The highest BCUT2D eigenvalue weighted by Crippen LogP contribution is 2.53. The summed E-state index contributed by atoms with van der Waals surface area (Å²) in [7, 11) is 0. The van der Waals surface area contributed by atoms with Crippen molar-refractivity contribution in [2.24, 2.45) is 5.92 Å². The van der Waals surface area contributed by atoms with Crippen LogP contribution >= 0.6 is 24.8 Å². The lowest BCUT2D eigenvalue weighted by Gasteiger charge is -2.42. The van der Waals surface area contributed by atoms with E-state index in [4.69, 9.17) is 0 Å². The number of nitrogens with zero attached hydrogens (tertiary/aromatic N) is 2. The van der Waals surface area contributed by atoms with Crippen LogP contribution in [0, 0.1) is 5.92 Å². The summed E-state index contributed by atoms with van der Waals surface area (Å²) in [6.07, 6.45) is 6.66. The fourth-order valence-corrected chi connectivity index (χ4v) is 4.48. The van der Waals surface area contributed by atoms with Gasteiger partial charge in [-0.1, -0.05) is 6.07 Å². The highest BCUT2D eigenvalue weighted by molar-refractivity contribution is 5.85. The molecule has 3 saturated heterocycles. The molecule has 0 saturated carbocycles. The molecule has 2 bridgehead atoms. The minimum Gasteiger partial charge on any atom is -0.315 e. The summed E-state index contributed by atoms with van der Waals surface area (Å²) in [4.78, 5) is 7.07. The Hall–Kier alpha value is -0.350. The SMILES string of the molecule is Cl.Cl.c1cncc(C2C3CC[N@](C3)C23CCNC3)c1. The number of piperidine rings is 1. The third-order valence-electron chi connectivity index (χ3n) is 5.11. The second-order valence-electron chi connectivity index (χ2n) is 5.79. The molecule has 0 amide bonds. The van der Waals surface area contributed by atoms with Gasteiger partial charge in [-0.2, -0.15) is 0 Å². The second kappa shape index (κ2) is 5.57. The van der Waals surface area contributed by atoms with Crippen molar-refractivity contribution < 1.29 is 0 Å². The van der Waals surface area contributed by atoms with Crippen molar-refractivity contribution in [3.63, 3.8) is 0 Å². The Balaban J connectivity index is 0.000000667. The molecule has 106 valence electrons.